The molecule has 5 nitrogen and oxygen atoms in total. The molecule has 0 unspecified atom stereocenters. The molecule has 0 spiro atoms. The number of hydrogen-bond acceptors (Lipinski definition) is 4. The summed E-state index contributed by atoms with van der Waals surface area (Å²) in [4.78, 5) is 27.3. The number of nitrogens with one attached hydrogen (secondary N) is 1. The van der Waals surface area contributed by atoms with Crippen molar-refractivity contribution in [3.63, 3.8) is 0 Å². The molecular weight excluding hydrogens is 370 g/mol. The van der Waals surface area contributed by atoms with Gasteiger partial charge in [-0.25, -0.2) is 0 Å². The van der Waals surface area contributed by atoms with Gasteiger partial charge in [-0.3, -0.25) is 14.3 Å². The van der Waals surface area contributed by atoms with Crippen LogP contribution in [0, 0.1) is 6.92 Å². The van der Waals surface area contributed by atoms with E-state index in [4.69, 9.17) is 11.6 Å². The van der Waals surface area contributed by atoms with Gasteiger partial charge in [0.1, 0.15) is 6.54 Å². The van der Waals surface area contributed by atoms with Crippen molar-refractivity contribution in [3.8, 4) is 0 Å². The molecule has 7 heteroatoms. The molecule has 0 saturated heterocycles. The number of carbonyl (C=O) groups is 1. The summed E-state index contributed by atoms with van der Waals surface area (Å²) in [6, 6.07) is 9.12. The number of pyridine rings is 1. The summed E-state index contributed by atoms with van der Waals surface area (Å²) in [6.07, 6.45) is 1.80. The molecule has 3 rings (SSSR count). The predicted molar refractivity (Wildman–Crippen MR) is 111 cm³/mol. The topological polar surface area (TPSA) is 54.3 Å². The van der Waals surface area contributed by atoms with Gasteiger partial charge in [0.2, 0.25) is 5.91 Å². The third kappa shape index (κ3) is 3.15. The van der Waals surface area contributed by atoms with Crippen LogP contribution >= 0.6 is 23.5 Å². The van der Waals surface area contributed by atoms with E-state index in [-0.39, 0.29) is 17.9 Å². The highest BCUT2D eigenvalue weighted by molar-refractivity contribution is 7.97. The van der Waals surface area contributed by atoms with E-state index in [1.54, 1.807) is 18.4 Å². The van der Waals surface area contributed by atoms with Crippen molar-refractivity contribution in [3.05, 3.63) is 51.1 Å². The fourth-order valence-corrected chi connectivity index (χ4v) is 3.83. The minimum Gasteiger partial charge on any atom is -0.375 e. The van der Waals surface area contributed by atoms with Gasteiger partial charge in [-0.2, -0.15) is 0 Å². The molecule has 0 fully saturated rings. The van der Waals surface area contributed by atoms with Gasteiger partial charge in [0.15, 0.2) is 5.43 Å². The van der Waals surface area contributed by atoms with Gasteiger partial charge in [-0.1, -0.05) is 29.6 Å². The number of nitrogens with zero attached hydrogens (tertiary/aromatic N) is 2. The summed E-state index contributed by atoms with van der Waals surface area (Å²) in [5.74, 6) is -0.144. The average molecular weight is 390 g/mol. The maximum Gasteiger partial charge on any atom is 0.249 e. The highest BCUT2D eigenvalue weighted by atomic mass is 35.5. The van der Waals surface area contributed by atoms with Crippen LogP contribution in [-0.4, -0.2) is 30.8 Å². The summed E-state index contributed by atoms with van der Waals surface area (Å²) in [7, 11) is 3.75. The fraction of sp³-hybridized carbons (Fsp3) is 0.263. The number of benzene rings is 2. The lowest BCUT2D eigenvalue weighted by molar-refractivity contribution is -0.119. The quantitative estimate of drug-likeness (QED) is 0.547. The summed E-state index contributed by atoms with van der Waals surface area (Å²) in [5, 5.41) is 1.67. The monoisotopic (exact) mass is 389 g/mol. The van der Waals surface area contributed by atoms with E-state index < -0.39 is 0 Å². The number of aryl methyl sites for hydroxylation is 1. The number of hydrogen-bond donors (Lipinski definition) is 1. The number of halogens is 1. The summed E-state index contributed by atoms with van der Waals surface area (Å²) in [6.45, 7) is 2.06. The molecular formula is C19H20ClN3O2S. The van der Waals surface area contributed by atoms with Crippen LogP contribution in [-0.2, 0) is 11.3 Å². The highest BCUT2D eigenvalue weighted by Gasteiger charge is 2.19. The molecule has 2 aromatic carbocycles. The first-order valence-corrected chi connectivity index (χ1v) is 9.70. The van der Waals surface area contributed by atoms with Gasteiger partial charge in [-0.15, -0.1) is 0 Å². The number of anilines is 1. The molecule has 0 atom stereocenters. The van der Waals surface area contributed by atoms with Gasteiger partial charge in [0.05, 0.1) is 21.7 Å². The van der Waals surface area contributed by atoms with Crippen molar-refractivity contribution in [2.75, 3.05) is 25.3 Å². The second kappa shape index (κ2) is 7.21. The SMILES string of the molecule is CSNC(=O)Cn1c2cc(C)ccc2c(=O)c2ccc(Cl)c(N(C)C)c21. The van der Waals surface area contributed by atoms with Crippen LogP contribution in [0.25, 0.3) is 21.8 Å². The van der Waals surface area contributed by atoms with E-state index in [1.165, 1.54) is 11.9 Å². The molecule has 26 heavy (non-hydrogen) atoms. The number of aromatic nitrogens is 1. The molecule has 0 radical (unpaired) electrons. The Morgan fingerprint density at radius 3 is 2.58 bits per heavy atom. The Labute approximate surface area is 161 Å². The zero-order valence-electron chi connectivity index (χ0n) is 15.1. The molecule has 0 saturated carbocycles. The molecule has 0 bridgehead atoms. The molecule has 136 valence electrons. The summed E-state index contributed by atoms with van der Waals surface area (Å²) < 4.78 is 4.63. The lowest BCUT2D eigenvalue weighted by atomic mass is 10.1. The molecule has 1 aromatic heterocycles. The first-order chi connectivity index (χ1) is 12.3. The van der Waals surface area contributed by atoms with Crippen LogP contribution in [0.5, 0.6) is 0 Å². The van der Waals surface area contributed by atoms with Gasteiger partial charge >= 0.3 is 0 Å². The second-order valence-electron chi connectivity index (χ2n) is 6.35. The van der Waals surface area contributed by atoms with Crippen molar-refractivity contribution in [1.82, 2.24) is 9.29 Å². The summed E-state index contributed by atoms with van der Waals surface area (Å²) in [5.41, 5.74) is 3.08. The Morgan fingerprint density at radius 1 is 1.23 bits per heavy atom. The van der Waals surface area contributed by atoms with Crippen LogP contribution in [0.1, 0.15) is 5.56 Å². The Morgan fingerprint density at radius 2 is 1.92 bits per heavy atom. The first kappa shape index (κ1) is 18.6. The zero-order valence-corrected chi connectivity index (χ0v) is 16.7. The van der Waals surface area contributed by atoms with Crippen molar-refractivity contribution < 1.29 is 4.79 Å². The van der Waals surface area contributed by atoms with Crippen molar-refractivity contribution in [1.29, 1.82) is 0 Å². The van der Waals surface area contributed by atoms with E-state index in [0.29, 0.717) is 21.3 Å². The van der Waals surface area contributed by atoms with Gasteiger partial charge in [-0.05, 0) is 36.8 Å². The Bertz CT molecular complexity index is 1080. The van der Waals surface area contributed by atoms with Gasteiger partial charge in [0.25, 0.3) is 0 Å². The third-order valence-corrected chi connectivity index (χ3v) is 5.01. The maximum atomic E-state index is 13.1. The number of amides is 1. The highest BCUT2D eigenvalue weighted by Crippen LogP contribution is 2.34. The van der Waals surface area contributed by atoms with E-state index in [1.807, 2.05) is 48.7 Å². The van der Waals surface area contributed by atoms with Crippen LogP contribution in [0.2, 0.25) is 5.02 Å². The largest absolute Gasteiger partial charge is 0.375 e. The summed E-state index contributed by atoms with van der Waals surface area (Å²) >= 11 is 7.69. The Balaban J connectivity index is 2.52. The van der Waals surface area contributed by atoms with E-state index in [2.05, 4.69) is 4.72 Å². The lowest BCUT2D eigenvalue weighted by Crippen LogP contribution is -2.25. The third-order valence-electron chi connectivity index (χ3n) is 4.27. The minimum atomic E-state index is -0.144. The van der Waals surface area contributed by atoms with E-state index in [0.717, 1.165) is 16.8 Å². The smallest absolute Gasteiger partial charge is 0.249 e. The molecule has 3 aromatic rings. The van der Waals surface area contributed by atoms with Crippen molar-refractivity contribution in [2.45, 2.75) is 13.5 Å². The standard InChI is InChI=1S/C19H20ClN3O2S/c1-11-5-6-12-15(9-11)23(10-16(24)21-26-4)17-13(19(12)25)7-8-14(20)18(17)22(2)3/h5-9H,10H2,1-4H3,(H,21,24). The molecule has 0 aliphatic carbocycles. The second-order valence-corrected chi connectivity index (χ2v) is 7.37. The first-order valence-electron chi connectivity index (χ1n) is 8.09. The predicted octanol–water partition coefficient (Wildman–Crippen LogP) is 3.58. The average Bonchev–Trinajstić information content (AvgIpc) is 2.58. The zero-order chi connectivity index (χ0) is 19.0. The fourth-order valence-electron chi connectivity index (χ4n) is 3.21. The minimum absolute atomic E-state index is 0.0590. The van der Waals surface area contributed by atoms with E-state index >= 15 is 0 Å². The van der Waals surface area contributed by atoms with Gasteiger partial charge < -0.3 is 9.47 Å². The van der Waals surface area contributed by atoms with Crippen LogP contribution in [0.4, 0.5) is 5.69 Å². The number of carbonyl (C=O) groups excluding carboxylic acids is 1. The molecule has 0 aliphatic heterocycles. The molecule has 0 aliphatic rings. The normalized spacial score (nSPS) is 11.1. The molecule has 1 amide bonds. The van der Waals surface area contributed by atoms with Crippen molar-refractivity contribution >= 4 is 56.9 Å². The van der Waals surface area contributed by atoms with E-state index in [9.17, 15) is 9.59 Å². The van der Waals surface area contributed by atoms with Crippen molar-refractivity contribution in [2.24, 2.45) is 0 Å². The number of fused-ring (bicyclic) bond motifs is 2. The Kier molecular flexibility index (Phi) is 5.16. The lowest BCUT2D eigenvalue weighted by Gasteiger charge is -2.22. The van der Waals surface area contributed by atoms with Crippen LogP contribution < -0.4 is 15.1 Å². The Hall–Kier alpha value is -2.18. The molecule has 1 N–H and O–H groups in total. The molecule has 1 heterocycles. The maximum absolute atomic E-state index is 13.1. The number of rotatable bonds is 4. The van der Waals surface area contributed by atoms with Crippen LogP contribution in [0.3, 0.4) is 0 Å². The van der Waals surface area contributed by atoms with Crippen LogP contribution in [0.15, 0.2) is 35.1 Å². The van der Waals surface area contributed by atoms with Gasteiger partial charge in [0, 0.05) is 31.1 Å².